The van der Waals surface area contributed by atoms with Gasteiger partial charge in [0.1, 0.15) is 5.82 Å². The summed E-state index contributed by atoms with van der Waals surface area (Å²) in [4.78, 5) is 13.4. The van der Waals surface area contributed by atoms with E-state index in [9.17, 15) is 0 Å². The fourth-order valence-electron chi connectivity index (χ4n) is 2.27. The third kappa shape index (κ3) is 3.16. The lowest BCUT2D eigenvalue weighted by molar-refractivity contribution is 0.148. The van der Waals surface area contributed by atoms with Crippen LogP contribution in [0.4, 0.5) is 5.82 Å². The average Bonchev–Trinajstić information content (AvgIpc) is 2.55. The summed E-state index contributed by atoms with van der Waals surface area (Å²) in [5.41, 5.74) is 0.262. The number of anilines is 1. The molecule has 1 aliphatic rings. The van der Waals surface area contributed by atoms with Crippen molar-refractivity contribution in [1.29, 1.82) is 0 Å². The minimum atomic E-state index is 0.262. The molecule has 1 aliphatic heterocycles. The molecular formula is C13H22N4. The summed E-state index contributed by atoms with van der Waals surface area (Å²) in [6, 6.07) is 0. The maximum Gasteiger partial charge on any atom is 0.147 e. The van der Waals surface area contributed by atoms with Crippen LogP contribution in [0.25, 0.3) is 0 Å². The second-order valence-corrected chi connectivity index (χ2v) is 5.56. The van der Waals surface area contributed by atoms with Gasteiger partial charge in [0.2, 0.25) is 0 Å². The van der Waals surface area contributed by atoms with E-state index in [0.717, 1.165) is 25.5 Å². The molecule has 2 heterocycles. The van der Waals surface area contributed by atoms with E-state index in [1.165, 1.54) is 13.0 Å². The molecule has 0 amide bonds. The van der Waals surface area contributed by atoms with Crippen LogP contribution in [0.3, 0.4) is 0 Å². The van der Waals surface area contributed by atoms with Crippen molar-refractivity contribution in [3.63, 3.8) is 0 Å². The summed E-state index contributed by atoms with van der Waals surface area (Å²) in [6.07, 6.45) is 6.53. The minimum absolute atomic E-state index is 0.262. The molecule has 94 valence electrons. The van der Waals surface area contributed by atoms with E-state index >= 15 is 0 Å². The van der Waals surface area contributed by atoms with E-state index in [4.69, 9.17) is 0 Å². The van der Waals surface area contributed by atoms with Crippen LogP contribution < -0.4 is 4.90 Å². The van der Waals surface area contributed by atoms with Crippen LogP contribution >= 0.6 is 0 Å². The minimum Gasteiger partial charge on any atom is -0.354 e. The topological polar surface area (TPSA) is 32.3 Å². The lowest BCUT2D eigenvalue weighted by Gasteiger charge is -2.34. The van der Waals surface area contributed by atoms with Gasteiger partial charge in [-0.05, 0) is 27.2 Å². The Morgan fingerprint density at radius 3 is 2.53 bits per heavy atom. The highest BCUT2D eigenvalue weighted by atomic mass is 15.3. The highest BCUT2D eigenvalue weighted by Crippen LogP contribution is 2.18. The number of nitrogens with zero attached hydrogens (tertiary/aromatic N) is 4. The quantitative estimate of drug-likeness (QED) is 0.741. The molecule has 0 radical (unpaired) electrons. The highest BCUT2D eigenvalue weighted by Gasteiger charge is 2.24. The van der Waals surface area contributed by atoms with Crippen molar-refractivity contribution in [1.82, 2.24) is 14.9 Å². The second kappa shape index (κ2) is 5.00. The Labute approximate surface area is 104 Å². The van der Waals surface area contributed by atoms with E-state index in [-0.39, 0.29) is 5.54 Å². The van der Waals surface area contributed by atoms with Crippen LogP contribution in [-0.2, 0) is 0 Å². The summed E-state index contributed by atoms with van der Waals surface area (Å²) in [5, 5.41) is 0. The third-order valence-electron chi connectivity index (χ3n) is 3.32. The monoisotopic (exact) mass is 234 g/mol. The van der Waals surface area contributed by atoms with Crippen LogP contribution in [0.15, 0.2) is 18.6 Å². The molecule has 0 bridgehead atoms. The molecule has 4 heteroatoms. The van der Waals surface area contributed by atoms with Crippen LogP contribution in [0.2, 0.25) is 0 Å². The van der Waals surface area contributed by atoms with Gasteiger partial charge in [-0.3, -0.25) is 9.88 Å². The van der Waals surface area contributed by atoms with Crippen LogP contribution in [0.1, 0.15) is 27.2 Å². The molecule has 0 atom stereocenters. The van der Waals surface area contributed by atoms with Crippen molar-refractivity contribution < 1.29 is 0 Å². The fourth-order valence-corrected chi connectivity index (χ4v) is 2.27. The smallest absolute Gasteiger partial charge is 0.147 e. The van der Waals surface area contributed by atoms with Gasteiger partial charge in [-0.15, -0.1) is 0 Å². The summed E-state index contributed by atoms with van der Waals surface area (Å²) < 4.78 is 0. The van der Waals surface area contributed by atoms with Crippen molar-refractivity contribution in [3.05, 3.63) is 18.6 Å². The van der Waals surface area contributed by atoms with Gasteiger partial charge in [0, 0.05) is 44.1 Å². The molecule has 1 fully saturated rings. The first-order valence-corrected chi connectivity index (χ1v) is 6.33. The molecule has 4 nitrogen and oxygen atoms in total. The van der Waals surface area contributed by atoms with Gasteiger partial charge >= 0.3 is 0 Å². The van der Waals surface area contributed by atoms with Gasteiger partial charge in [0.15, 0.2) is 0 Å². The van der Waals surface area contributed by atoms with Crippen molar-refractivity contribution in [2.45, 2.75) is 32.7 Å². The van der Waals surface area contributed by atoms with E-state index in [1.54, 1.807) is 12.4 Å². The molecule has 2 rings (SSSR count). The number of rotatable bonds is 1. The third-order valence-corrected chi connectivity index (χ3v) is 3.32. The van der Waals surface area contributed by atoms with Crippen molar-refractivity contribution in [3.8, 4) is 0 Å². The van der Waals surface area contributed by atoms with Gasteiger partial charge in [0.05, 0.1) is 6.20 Å². The normalized spacial score (nSPS) is 19.1. The first-order chi connectivity index (χ1) is 8.07. The maximum atomic E-state index is 4.38. The molecule has 1 saturated heterocycles. The first kappa shape index (κ1) is 12.3. The van der Waals surface area contributed by atoms with Gasteiger partial charge < -0.3 is 4.90 Å². The van der Waals surface area contributed by atoms with E-state index < -0.39 is 0 Å². The predicted octanol–water partition coefficient (Wildman–Crippen LogP) is 1.79. The molecule has 0 N–H and O–H groups in total. The lowest BCUT2D eigenvalue weighted by atomic mass is 10.1. The molecule has 0 spiro atoms. The van der Waals surface area contributed by atoms with Crippen molar-refractivity contribution in [2.75, 3.05) is 31.1 Å². The summed E-state index contributed by atoms with van der Waals surface area (Å²) >= 11 is 0. The molecule has 1 aromatic rings. The highest BCUT2D eigenvalue weighted by molar-refractivity contribution is 5.35. The zero-order valence-corrected chi connectivity index (χ0v) is 11.1. The molecule has 17 heavy (non-hydrogen) atoms. The number of hydrogen-bond acceptors (Lipinski definition) is 4. The largest absolute Gasteiger partial charge is 0.354 e. The zero-order valence-electron chi connectivity index (χ0n) is 11.1. The Bertz CT molecular complexity index is 344. The van der Waals surface area contributed by atoms with E-state index in [0.29, 0.717) is 0 Å². The van der Waals surface area contributed by atoms with E-state index in [1.807, 2.05) is 6.20 Å². The summed E-state index contributed by atoms with van der Waals surface area (Å²) in [5.74, 6) is 1.00. The molecule has 0 aliphatic carbocycles. The number of aromatic nitrogens is 2. The van der Waals surface area contributed by atoms with Gasteiger partial charge in [-0.1, -0.05) is 0 Å². The SMILES string of the molecule is CC(C)(C)N1CCCN(c2cnccn2)CC1. The molecule has 0 aromatic carbocycles. The standard InChI is InChI=1S/C13H22N4/c1-13(2,3)17-8-4-7-16(9-10-17)12-11-14-5-6-15-12/h5-6,11H,4,7-10H2,1-3H3. The zero-order chi connectivity index (χ0) is 12.3. The maximum absolute atomic E-state index is 4.38. The molecular weight excluding hydrogens is 212 g/mol. The summed E-state index contributed by atoms with van der Waals surface area (Å²) in [7, 11) is 0. The lowest BCUT2D eigenvalue weighted by Crippen LogP contribution is -2.43. The number of hydrogen-bond donors (Lipinski definition) is 0. The van der Waals surface area contributed by atoms with Crippen LogP contribution in [0, 0.1) is 0 Å². The van der Waals surface area contributed by atoms with E-state index in [2.05, 4.69) is 40.5 Å². The Hall–Kier alpha value is -1.16. The van der Waals surface area contributed by atoms with Gasteiger partial charge in [-0.2, -0.15) is 0 Å². The average molecular weight is 234 g/mol. The van der Waals surface area contributed by atoms with Gasteiger partial charge in [-0.25, -0.2) is 4.98 Å². The Morgan fingerprint density at radius 2 is 1.88 bits per heavy atom. The second-order valence-electron chi connectivity index (χ2n) is 5.56. The Balaban J connectivity index is 2.01. The van der Waals surface area contributed by atoms with Crippen LogP contribution in [-0.4, -0.2) is 46.6 Å². The fraction of sp³-hybridized carbons (Fsp3) is 0.692. The molecule has 0 unspecified atom stereocenters. The Morgan fingerprint density at radius 1 is 1.06 bits per heavy atom. The van der Waals surface area contributed by atoms with Gasteiger partial charge in [0.25, 0.3) is 0 Å². The van der Waals surface area contributed by atoms with Crippen molar-refractivity contribution in [2.24, 2.45) is 0 Å². The van der Waals surface area contributed by atoms with Crippen molar-refractivity contribution >= 4 is 5.82 Å². The Kier molecular flexibility index (Phi) is 3.62. The van der Waals surface area contributed by atoms with Crippen LogP contribution in [0.5, 0.6) is 0 Å². The first-order valence-electron chi connectivity index (χ1n) is 6.33. The summed E-state index contributed by atoms with van der Waals surface area (Å²) in [6.45, 7) is 11.2. The molecule has 0 saturated carbocycles. The molecule has 1 aromatic heterocycles. The predicted molar refractivity (Wildman–Crippen MR) is 70.2 cm³/mol.